The molecule has 1 amide bonds. The number of sulfone groups is 1. The Morgan fingerprint density at radius 3 is 2.50 bits per heavy atom. The molecule has 3 rings (SSSR count). The van der Waals surface area contributed by atoms with Gasteiger partial charge in [-0.25, -0.2) is 26.4 Å². The van der Waals surface area contributed by atoms with Gasteiger partial charge in [-0.3, -0.25) is 4.79 Å². The molecule has 2 N–H and O–H groups in total. The van der Waals surface area contributed by atoms with E-state index in [9.17, 15) is 26.4 Å². The average Bonchev–Trinajstić information content (AvgIpc) is 3.34. The molecule has 1 aliphatic rings. The molecule has 12 heteroatoms. The Morgan fingerprint density at radius 1 is 1.17 bits per heavy atom. The van der Waals surface area contributed by atoms with E-state index >= 15 is 0 Å². The van der Waals surface area contributed by atoms with Crippen molar-refractivity contribution in [3.8, 4) is 0 Å². The summed E-state index contributed by atoms with van der Waals surface area (Å²) in [5.41, 5.74) is 0.0660. The quantitative estimate of drug-likeness (QED) is 0.536. The molecule has 10 nitrogen and oxygen atoms in total. The minimum Gasteiger partial charge on any atom is -0.468 e. The fourth-order valence-electron chi connectivity index (χ4n) is 2.83. The predicted molar refractivity (Wildman–Crippen MR) is 105 cm³/mol. The molecule has 1 aromatic carbocycles. The number of benzene rings is 1. The Hall–Kier alpha value is -2.70. The monoisotopic (exact) mass is 456 g/mol. The molecule has 1 fully saturated rings. The number of ether oxygens (including phenoxy) is 1. The van der Waals surface area contributed by atoms with Crippen LogP contribution in [0.15, 0.2) is 52.0 Å². The molecule has 0 bridgehead atoms. The molecule has 162 valence electrons. The number of hydrogen-bond donors (Lipinski definition) is 2. The van der Waals surface area contributed by atoms with Crippen LogP contribution in [0, 0.1) is 0 Å². The van der Waals surface area contributed by atoms with Gasteiger partial charge in [0, 0.05) is 6.04 Å². The van der Waals surface area contributed by atoms with Gasteiger partial charge in [0.2, 0.25) is 10.0 Å². The molecule has 1 atom stereocenters. The van der Waals surface area contributed by atoms with E-state index < -0.39 is 44.4 Å². The van der Waals surface area contributed by atoms with Crippen molar-refractivity contribution in [3.05, 3.63) is 54.0 Å². The molecule has 0 radical (unpaired) electrons. The molecule has 1 saturated heterocycles. The van der Waals surface area contributed by atoms with E-state index in [2.05, 4.69) is 10.0 Å². The van der Waals surface area contributed by atoms with Crippen molar-refractivity contribution in [2.24, 2.45) is 0 Å². The summed E-state index contributed by atoms with van der Waals surface area (Å²) in [6.45, 7) is -0.587. The van der Waals surface area contributed by atoms with E-state index in [1.165, 1.54) is 30.5 Å². The fourth-order valence-corrected chi connectivity index (χ4v) is 5.49. The molecule has 1 aliphatic heterocycles. The van der Waals surface area contributed by atoms with Crippen LogP contribution in [-0.4, -0.2) is 52.9 Å². The van der Waals surface area contributed by atoms with Crippen molar-refractivity contribution in [3.63, 3.8) is 0 Å². The van der Waals surface area contributed by atoms with E-state index in [4.69, 9.17) is 9.15 Å². The maximum absolute atomic E-state index is 12.3. The normalized spacial score (nSPS) is 18.1. The van der Waals surface area contributed by atoms with Gasteiger partial charge in [0.25, 0.3) is 5.91 Å². The van der Waals surface area contributed by atoms with Crippen LogP contribution in [0.3, 0.4) is 0 Å². The lowest BCUT2D eigenvalue weighted by Crippen LogP contribution is -2.38. The van der Waals surface area contributed by atoms with Crippen LogP contribution in [0.4, 0.5) is 0 Å². The third kappa shape index (κ3) is 5.90. The van der Waals surface area contributed by atoms with Crippen molar-refractivity contribution in [2.45, 2.75) is 23.9 Å². The van der Waals surface area contributed by atoms with Crippen molar-refractivity contribution in [1.29, 1.82) is 0 Å². The van der Waals surface area contributed by atoms with Gasteiger partial charge in [-0.15, -0.1) is 0 Å². The second kappa shape index (κ2) is 8.98. The van der Waals surface area contributed by atoms with Crippen LogP contribution in [0.5, 0.6) is 0 Å². The Morgan fingerprint density at radius 2 is 1.90 bits per heavy atom. The smallest absolute Gasteiger partial charge is 0.338 e. The van der Waals surface area contributed by atoms with Crippen molar-refractivity contribution in [1.82, 2.24) is 10.0 Å². The maximum Gasteiger partial charge on any atom is 0.338 e. The first kappa shape index (κ1) is 22.0. The second-order valence-electron chi connectivity index (χ2n) is 6.67. The number of carbonyl (C=O) groups excluding carboxylic acids is 2. The summed E-state index contributed by atoms with van der Waals surface area (Å²) in [7, 11) is -6.93. The summed E-state index contributed by atoms with van der Waals surface area (Å²) in [5.74, 6) is -1.07. The zero-order chi connectivity index (χ0) is 21.8. The highest BCUT2D eigenvalue weighted by Crippen LogP contribution is 2.13. The first-order chi connectivity index (χ1) is 14.1. The SMILES string of the molecule is O=C(COC(=O)c1ccc(S(=O)(=O)NCc2ccco2)cc1)NC1CCS(=O)(=O)C1. The third-order valence-corrected chi connectivity index (χ3v) is 7.53. The van der Waals surface area contributed by atoms with Gasteiger partial charge in [-0.1, -0.05) is 0 Å². The summed E-state index contributed by atoms with van der Waals surface area (Å²) in [6.07, 6.45) is 1.76. The topological polar surface area (TPSA) is 149 Å². The highest BCUT2D eigenvalue weighted by atomic mass is 32.2. The zero-order valence-electron chi connectivity index (χ0n) is 15.7. The Labute approximate surface area is 173 Å². The average molecular weight is 456 g/mol. The third-order valence-electron chi connectivity index (χ3n) is 4.35. The molecule has 0 saturated carbocycles. The number of esters is 1. The highest BCUT2D eigenvalue weighted by Gasteiger charge is 2.29. The molecule has 1 aromatic heterocycles. The van der Waals surface area contributed by atoms with Crippen LogP contribution in [0.1, 0.15) is 22.5 Å². The van der Waals surface area contributed by atoms with E-state index in [1.807, 2.05) is 0 Å². The zero-order valence-corrected chi connectivity index (χ0v) is 17.4. The Kier molecular flexibility index (Phi) is 6.58. The number of furan rings is 1. The van der Waals surface area contributed by atoms with E-state index in [0.717, 1.165) is 0 Å². The number of hydrogen-bond acceptors (Lipinski definition) is 8. The van der Waals surface area contributed by atoms with Crippen LogP contribution in [0.2, 0.25) is 0 Å². The first-order valence-electron chi connectivity index (χ1n) is 8.94. The summed E-state index contributed by atoms with van der Waals surface area (Å²) < 4.78 is 59.6. The van der Waals surface area contributed by atoms with Crippen molar-refractivity contribution < 1.29 is 35.6 Å². The number of rotatable bonds is 8. The van der Waals surface area contributed by atoms with Crippen molar-refractivity contribution in [2.75, 3.05) is 18.1 Å². The number of nitrogens with one attached hydrogen (secondary N) is 2. The van der Waals surface area contributed by atoms with Crippen LogP contribution < -0.4 is 10.0 Å². The first-order valence-corrected chi connectivity index (χ1v) is 12.2. The Balaban J connectivity index is 1.50. The van der Waals surface area contributed by atoms with Gasteiger partial charge in [0.15, 0.2) is 16.4 Å². The summed E-state index contributed by atoms with van der Waals surface area (Å²) in [4.78, 5) is 23.8. The summed E-state index contributed by atoms with van der Waals surface area (Å²) in [6, 6.07) is 7.80. The van der Waals surface area contributed by atoms with Gasteiger partial charge >= 0.3 is 5.97 Å². The summed E-state index contributed by atoms with van der Waals surface area (Å²) in [5, 5.41) is 2.51. The van der Waals surface area contributed by atoms with Gasteiger partial charge in [-0.05, 0) is 42.8 Å². The van der Waals surface area contributed by atoms with Gasteiger partial charge < -0.3 is 14.5 Å². The van der Waals surface area contributed by atoms with Crippen LogP contribution in [-0.2, 0) is 35.9 Å². The van der Waals surface area contributed by atoms with Gasteiger partial charge in [0.05, 0.1) is 34.8 Å². The standard InChI is InChI=1S/C18H20N2O8S2/c21-17(20-14-7-9-29(23,24)12-14)11-28-18(22)13-3-5-16(6-4-13)30(25,26)19-10-15-2-1-8-27-15/h1-6,8,14,19H,7,9-12H2,(H,20,21). The van der Waals surface area contributed by atoms with Crippen molar-refractivity contribution >= 4 is 31.7 Å². The molecule has 1 unspecified atom stereocenters. The number of amides is 1. The molecule has 2 aromatic rings. The fraction of sp³-hybridized carbons (Fsp3) is 0.333. The lowest BCUT2D eigenvalue weighted by atomic mass is 10.2. The highest BCUT2D eigenvalue weighted by molar-refractivity contribution is 7.91. The van der Waals surface area contributed by atoms with Gasteiger partial charge in [-0.2, -0.15) is 0 Å². The van der Waals surface area contributed by atoms with E-state index in [-0.39, 0.29) is 28.5 Å². The predicted octanol–water partition coefficient (Wildman–Crippen LogP) is 0.218. The second-order valence-corrected chi connectivity index (χ2v) is 10.7. The van der Waals surface area contributed by atoms with Gasteiger partial charge in [0.1, 0.15) is 5.76 Å². The molecule has 2 heterocycles. The number of sulfonamides is 1. The lowest BCUT2D eigenvalue weighted by Gasteiger charge is -2.11. The minimum absolute atomic E-state index is 0.0172. The molecular weight excluding hydrogens is 436 g/mol. The largest absolute Gasteiger partial charge is 0.468 e. The van der Waals surface area contributed by atoms with E-state index in [1.54, 1.807) is 12.1 Å². The lowest BCUT2D eigenvalue weighted by molar-refractivity contribution is -0.124. The minimum atomic E-state index is -3.80. The molecule has 30 heavy (non-hydrogen) atoms. The molecule has 0 aliphatic carbocycles. The van der Waals surface area contributed by atoms with E-state index in [0.29, 0.717) is 12.2 Å². The van der Waals surface area contributed by atoms with Crippen LogP contribution >= 0.6 is 0 Å². The van der Waals surface area contributed by atoms with Crippen LogP contribution in [0.25, 0.3) is 0 Å². The molecule has 0 spiro atoms. The summed E-state index contributed by atoms with van der Waals surface area (Å²) >= 11 is 0. The Bertz CT molecular complexity index is 1110. The maximum atomic E-state index is 12.3. The molecular formula is C18H20N2O8S2. The number of carbonyl (C=O) groups is 2.